The third-order valence-corrected chi connectivity index (χ3v) is 9.50. The van der Waals surface area contributed by atoms with Crippen molar-refractivity contribution in [3.63, 3.8) is 0 Å². The Kier molecular flexibility index (Phi) is 27.7. The first kappa shape index (κ1) is 53.0. The second-order valence-corrected chi connectivity index (χ2v) is 14.1. The van der Waals surface area contributed by atoms with E-state index in [4.69, 9.17) is 0 Å². The molecule has 0 bridgehead atoms. The number of nitriles is 1. The summed E-state index contributed by atoms with van der Waals surface area (Å²) in [6, 6.07) is 38.0. The third kappa shape index (κ3) is 18.5. The van der Waals surface area contributed by atoms with E-state index in [9.17, 15) is 5.26 Å². The molecule has 0 aromatic heterocycles. The van der Waals surface area contributed by atoms with Crippen LogP contribution in [0.5, 0.6) is 0 Å². The third-order valence-electron chi connectivity index (χ3n) is 9.50. The first-order valence-corrected chi connectivity index (χ1v) is 22.6. The molecular weight excluding hydrogens is 735 g/mol. The summed E-state index contributed by atoms with van der Waals surface area (Å²) in [7, 11) is 0. The van der Waals surface area contributed by atoms with Crippen molar-refractivity contribution in [1.29, 1.82) is 5.26 Å². The Bertz CT molecular complexity index is 2180. The quantitative estimate of drug-likeness (QED) is 0.131. The fraction of sp³-hybridized carbons (Fsp3) is 0.283. The van der Waals surface area contributed by atoms with Crippen molar-refractivity contribution in [2.24, 2.45) is 0 Å². The molecular formula is C60H75N. The summed E-state index contributed by atoms with van der Waals surface area (Å²) in [4.78, 5) is 0. The molecule has 0 atom stereocenters. The molecule has 0 aliphatic heterocycles. The molecule has 0 saturated carbocycles. The van der Waals surface area contributed by atoms with E-state index in [0.29, 0.717) is 5.56 Å². The van der Waals surface area contributed by atoms with Gasteiger partial charge in [-0.1, -0.05) is 214 Å². The Labute approximate surface area is 373 Å². The lowest BCUT2D eigenvalue weighted by atomic mass is 9.90. The summed E-state index contributed by atoms with van der Waals surface area (Å²) in [6.45, 7) is 29.1. The molecule has 4 aromatic carbocycles. The molecule has 1 aliphatic rings. The van der Waals surface area contributed by atoms with Crippen LogP contribution in [0.3, 0.4) is 0 Å². The van der Waals surface area contributed by atoms with Crippen LogP contribution in [0.25, 0.3) is 27.8 Å². The van der Waals surface area contributed by atoms with Gasteiger partial charge in [0.25, 0.3) is 0 Å². The van der Waals surface area contributed by atoms with Crippen molar-refractivity contribution in [3.8, 4) is 17.2 Å². The Balaban J connectivity index is 0.000000624. The predicted octanol–water partition coefficient (Wildman–Crippen LogP) is 18.5. The molecule has 0 N–H and O–H groups in total. The van der Waals surface area contributed by atoms with E-state index in [1.165, 1.54) is 51.0 Å². The average Bonchev–Trinajstić information content (AvgIpc) is 3.32. The summed E-state index contributed by atoms with van der Waals surface area (Å²) in [6.07, 6.45) is 27.5. The van der Waals surface area contributed by atoms with Gasteiger partial charge in [-0.2, -0.15) is 5.26 Å². The molecule has 0 amide bonds. The molecule has 1 nitrogen and oxygen atoms in total. The number of allylic oxidation sites excluding steroid dienone is 17. The zero-order valence-corrected chi connectivity index (χ0v) is 39.8. The van der Waals surface area contributed by atoms with Crippen molar-refractivity contribution in [2.75, 3.05) is 0 Å². The van der Waals surface area contributed by atoms with E-state index in [2.05, 4.69) is 202 Å². The van der Waals surface area contributed by atoms with Crippen molar-refractivity contribution < 1.29 is 0 Å². The van der Waals surface area contributed by atoms with E-state index in [0.717, 1.165) is 53.5 Å². The predicted molar refractivity (Wildman–Crippen MR) is 275 cm³/mol. The van der Waals surface area contributed by atoms with Gasteiger partial charge < -0.3 is 0 Å². The zero-order valence-electron chi connectivity index (χ0n) is 39.8. The summed E-state index contributed by atoms with van der Waals surface area (Å²) < 4.78 is 0. The summed E-state index contributed by atoms with van der Waals surface area (Å²) >= 11 is 0. The molecule has 1 aliphatic carbocycles. The highest BCUT2D eigenvalue weighted by Crippen LogP contribution is 2.31. The number of hydrogen-bond donors (Lipinski definition) is 0. The first-order valence-electron chi connectivity index (χ1n) is 22.6. The normalized spacial score (nSPS) is 12.8. The van der Waals surface area contributed by atoms with Gasteiger partial charge in [-0.3, -0.25) is 0 Å². The van der Waals surface area contributed by atoms with Gasteiger partial charge in [0.05, 0.1) is 11.6 Å². The fourth-order valence-electron chi connectivity index (χ4n) is 6.38. The second-order valence-electron chi connectivity index (χ2n) is 14.1. The van der Waals surface area contributed by atoms with E-state index in [-0.39, 0.29) is 0 Å². The standard InChI is InChI=1S/C35H33N.C18H22.C3H8.2C2H6/c1-4-27-13-12-18-31(22-27)32-19-20-33(25-36)35(24-32)26(3)21-34(30-16-10-7-11-17-30)23-28(5-2)29-14-8-6-9-15-29;1-5-7-11-17(6-2)15(3)14-16(4)18-12-9-8-10-13-18;1-3-2;2*1-2/h5-6,8-10,12-24H,4,7,11H2,1-3H3;6-14H,4-5H2,1-3H3;3H2,1-2H3;2*1-2H3/b26-21+,28-5+,34-23+;11-7-,15-14+,17-6+;;;. The lowest BCUT2D eigenvalue weighted by Gasteiger charge is -2.14. The summed E-state index contributed by atoms with van der Waals surface area (Å²) in [5, 5.41) is 9.90. The molecule has 320 valence electrons. The van der Waals surface area contributed by atoms with Crippen LogP contribution in [0.2, 0.25) is 0 Å². The van der Waals surface area contributed by atoms with Gasteiger partial charge in [0.1, 0.15) is 0 Å². The SMILES string of the molecule is C=C(/C=C(C)/C(/C=C\CC)=C/C)c1ccccc1.CC.CC.CCC.C\C=C(/C=C(\C=C(/C)c1cc(-c2cccc(CC)c2)ccc1C#N)C1=CCCC=C1)c1ccccc1. The molecule has 0 heterocycles. The van der Waals surface area contributed by atoms with Crippen molar-refractivity contribution in [1.82, 2.24) is 0 Å². The van der Waals surface area contributed by atoms with Crippen molar-refractivity contribution in [3.05, 3.63) is 221 Å². The Hall–Kier alpha value is -5.97. The molecule has 1 heteroatoms. The van der Waals surface area contributed by atoms with Gasteiger partial charge in [-0.25, -0.2) is 0 Å². The van der Waals surface area contributed by atoms with E-state index < -0.39 is 0 Å². The van der Waals surface area contributed by atoms with Gasteiger partial charge in [-0.15, -0.1) is 0 Å². The minimum atomic E-state index is 0.695. The minimum absolute atomic E-state index is 0.695. The van der Waals surface area contributed by atoms with Crippen LogP contribution in [0, 0.1) is 11.3 Å². The van der Waals surface area contributed by atoms with Crippen LogP contribution in [-0.2, 0) is 6.42 Å². The maximum Gasteiger partial charge on any atom is 0.0998 e. The van der Waals surface area contributed by atoms with Gasteiger partial charge in [0, 0.05) is 0 Å². The first-order chi connectivity index (χ1) is 29.7. The largest absolute Gasteiger partial charge is 0.192 e. The summed E-state index contributed by atoms with van der Waals surface area (Å²) in [5.74, 6) is 0. The highest BCUT2D eigenvalue weighted by Gasteiger charge is 2.11. The highest BCUT2D eigenvalue weighted by atomic mass is 14.3. The lowest BCUT2D eigenvalue weighted by molar-refractivity contribution is 1.02. The van der Waals surface area contributed by atoms with Crippen LogP contribution in [0.1, 0.15) is 137 Å². The smallest absolute Gasteiger partial charge is 0.0998 e. The van der Waals surface area contributed by atoms with Gasteiger partial charge in [0.2, 0.25) is 0 Å². The minimum Gasteiger partial charge on any atom is -0.192 e. The monoisotopic (exact) mass is 810 g/mol. The van der Waals surface area contributed by atoms with E-state index in [1.54, 1.807) is 0 Å². The Morgan fingerprint density at radius 3 is 1.85 bits per heavy atom. The van der Waals surface area contributed by atoms with Crippen LogP contribution in [0.15, 0.2) is 193 Å². The van der Waals surface area contributed by atoms with Gasteiger partial charge >= 0.3 is 0 Å². The van der Waals surface area contributed by atoms with Gasteiger partial charge in [-0.05, 0) is 144 Å². The number of aryl methyl sites for hydroxylation is 1. The number of hydrogen-bond acceptors (Lipinski definition) is 1. The van der Waals surface area contributed by atoms with E-state index >= 15 is 0 Å². The molecule has 0 radical (unpaired) electrons. The molecule has 61 heavy (non-hydrogen) atoms. The number of benzene rings is 4. The lowest BCUT2D eigenvalue weighted by Crippen LogP contribution is -1.94. The zero-order chi connectivity index (χ0) is 45.4. The van der Waals surface area contributed by atoms with Crippen molar-refractivity contribution >= 4 is 16.7 Å². The maximum absolute atomic E-state index is 9.90. The Morgan fingerprint density at radius 1 is 0.689 bits per heavy atom. The molecule has 5 rings (SSSR count). The van der Waals surface area contributed by atoms with E-state index in [1.807, 2.05) is 58.0 Å². The van der Waals surface area contributed by atoms with Crippen molar-refractivity contribution in [2.45, 2.75) is 115 Å². The highest BCUT2D eigenvalue weighted by molar-refractivity contribution is 5.81. The molecule has 4 aromatic rings. The van der Waals surface area contributed by atoms with Crippen LogP contribution < -0.4 is 0 Å². The van der Waals surface area contributed by atoms with Crippen LogP contribution in [0.4, 0.5) is 0 Å². The summed E-state index contributed by atoms with van der Waals surface area (Å²) in [5.41, 5.74) is 15.9. The number of rotatable bonds is 12. The number of nitrogens with zero attached hydrogens (tertiary/aromatic N) is 1. The second kappa shape index (κ2) is 31.9. The van der Waals surface area contributed by atoms with Crippen LogP contribution in [-0.4, -0.2) is 0 Å². The average molecular weight is 810 g/mol. The van der Waals surface area contributed by atoms with Gasteiger partial charge in [0.15, 0.2) is 0 Å². The molecule has 0 spiro atoms. The maximum atomic E-state index is 9.90. The molecule has 0 saturated heterocycles. The fourth-order valence-corrected chi connectivity index (χ4v) is 6.38. The Morgan fingerprint density at radius 2 is 1.31 bits per heavy atom. The molecule has 0 unspecified atom stereocenters. The van der Waals surface area contributed by atoms with Crippen LogP contribution >= 0.6 is 0 Å². The topological polar surface area (TPSA) is 23.8 Å². The molecule has 0 fully saturated rings.